The third kappa shape index (κ3) is 4.84. The molecule has 0 aliphatic rings. The highest BCUT2D eigenvalue weighted by molar-refractivity contribution is 7.92. The number of ether oxygens (including phenoxy) is 1. The molecule has 0 atom stereocenters. The molecule has 0 radical (unpaired) electrons. The van der Waals surface area contributed by atoms with Crippen LogP contribution in [0.1, 0.15) is 26.3 Å². The van der Waals surface area contributed by atoms with Gasteiger partial charge in [-0.05, 0) is 49.4 Å². The van der Waals surface area contributed by atoms with Gasteiger partial charge in [-0.25, -0.2) is 13.2 Å². The van der Waals surface area contributed by atoms with Crippen LogP contribution in [0.25, 0.3) is 0 Å². The minimum absolute atomic E-state index is 0.103. The van der Waals surface area contributed by atoms with Crippen LogP contribution in [-0.2, 0) is 14.8 Å². The average Bonchev–Trinajstić information content (AvgIpc) is 2.75. The number of rotatable bonds is 6. The van der Waals surface area contributed by atoms with E-state index in [1.54, 1.807) is 24.3 Å². The number of amides is 1. The van der Waals surface area contributed by atoms with Crippen molar-refractivity contribution in [2.75, 3.05) is 17.1 Å². The smallest absolute Gasteiger partial charge is 0.337 e. The van der Waals surface area contributed by atoms with Crippen LogP contribution in [0.15, 0.2) is 77.7 Å². The zero-order valence-electron chi connectivity index (χ0n) is 16.4. The SMILES string of the molecule is COC(=O)c1cccc(S(=O)(=O)Nc2ccccc2C(=O)Nc2ccc(C)cc2)c1. The molecule has 7 nitrogen and oxygen atoms in total. The third-order valence-corrected chi connectivity index (χ3v) is 5.65. The van der Waals surface area contributed by atoms with Crippen LogP contribution in [0.4, 0.5) is 11.4 Å². The molecule has 0 fully saturated rings. The Kier molecular flexibility index (Phi) is 6.17. The fraction of sp³-hybridized carbons (Fsp3) is 0.0909. The van der Waals surface area contributed by atoms with Gasteiger partial charge in [0.15, 0.2) is 0 Å². The quantitative estimate of drug-likeness (QED) is 0.586. The fourth-order valence-corrected chi connectivity index (χ4v) is 3.84. The average molecular weight is 424 g/mol. The second-order valence-corrected chi connectivity index (χ2v) is 8.17. The maximum atomic E-state index is 12.8. The lowest BCUT2D eigenvalue weighted by Gasteiger charge is -2.13. The number of nitrogens with one attached hydrogen (secondary N) is 2. The second kappa shape index (κ2) is 8.79. The van der Waals surface area contributed by atoms with Gasteiger partial charge in [0.2, 0.25) is 0 Å². The molecule has 8 heteroatoms. The zero-order chi connectivity index (χ0) is 21.7. The summed E-state index contributed by atoms with van der Waals surface area (Å²) in [6, 6.07) is 19.0. The van der Waals surface area contributed by atoms with Gasteiger partial charge in [0.1, 0.15) is 0 Å². The summed E-state index contributed by atoms with van der Waals surface area (Å²) >= 11 is 0. The number of esters is 1. The van der Waals surface area contributed by atoms with Crippen molar-refractivity contribution in [2.45, 2.75) is 11.8 Å². The molecule has 3 aromatic carbocycles. The second-order valence-electron chi connectivity index (χ2n) is 6.49. The van der Waals surface area contributed by atoms with Gasteiger partial charge < -0.3 is 10.1 Å². The number of methoxy groups -OCH3 is 1. The molecule has 0 aliphatic heterocycles. The Hall–Kier alpha value is -3.65. The van der Waals surface area contributed by atoms with Gasteiger partial charge in [-0.1, -0.05) is 35.9 Å². The summed E-state index contributed by atoms with van der Waals surface area (Å²) < 4.78 is 32.7. The first-order valence-corrected chi connectivity index (χ1v) is 10.5. The molecule has 0 heterocycles. The van der Waals surface area contributed by atoms with Crippen molar-refractivity contribution >= 4 is 33.3 Å². The highest BCUT2D eigenvalue weighted by Gasteiger charge is 2.20. The fourth-order valence-electron chi connectivity index (χ4n) is 2.72. The molecule has 0 saturated carbocycles. The Morgan fingerprint density at radius 2 is 1.60 bits per heavy atom. The summed E-state index contributed by atoms with van der Waals surface area (Å²) in [5.41, 5.74) is 2.02. The van der Waals surface area contributed by atoms with Crippen LogP contribution in [0.2, 0.25) is 0 Å². The maximum Gasteiger partial charge on any atom is 0.337 e. The summed E-state index contributed by atoms with van der Waals surface area (Å²) in [5, 5.41) is 2.75. The molecule has 3 rings (SSSR count). The van der Waals surface area contributed by atoms with E-state index >= 15 is 0 Å². The van der Waals surface area contributed by atoms with Crippen molar-refractivity contribution in [1.29, 1.82) is 0 Å². The predicted molar refractivity (Wildman–Crippen MR) is 114 cm³/mol. The number of hydrogen-bond donors (Lipinski definition) is 2. The topological polar surface area (TPSA) is 102 Å². The first-order valence-electron chi connectivity index (χ1n) is 8.98. The lowest BCUT2D eigenvalue weighted by molar-refractivity contribution is 0.0600. The number of sulfonamides is 1. The standard InChI is InChI=1S/C22H20N2O5S/c1-15-10-12-17(13-11-15)23-21(25)19-8-3-4-9-20(19)24-30(27,28)18-7-5-6-16(14-18)22(26)29-2/h3-14,24H,1-2H3,(H,23,25). The lowest BCUT2D eigenvalue weighted by atomic mass is 10.1. The summed E-state index contributed by atoms with van der Waals surface area (Å²) in [6.45, 7) is 1.94. The highest BCUT2D eigenvalue weighted by Crippen LogP contribution is 2.22. The van der Waals surface area contributed by atoms with Crippen molar-refractivity contribution in [3.05, 3.63) is 89.5 Å². The van der Waals surface area contributed by atoms with Crippen LogP contribution >= 0.6 is 0 Å². The zero-order valence-corrected chi connectivity index (χ0v) is 17.2. The van der Waals surface area contributed by atoms with Crippen molar-refractivity contribution in [2.24, 2.45) is 0 Å². The minimum atomic E-state index is -4.05. The molecular weight excluding hydrogens is 404 g/mol. The first-order chi connectivity index (χ1) is 14.3. The van der Waals surface area contributed by atoms with Gasteiger partial charge in [0, 0.05) is 5.69 Å². The highest BCUT2D eigenvalue weighted by atomic mass is 32.2. The maximum absolute atomic E-state index is 12.8. The molecule has 0 aromatic heterocycles. The van der Waals surface area contributed by atoms with Gasteiger partial charge in [-0.3, -0.25) is 9.52 Å². The van der Waals surface area contributed by atoms with Crippen LogP contribution in [-0.4, -0.2) is 27.4 Å². The molecule has 0 aliphatic carbocycles. The number of carbonyl (C=O) groups excluding carboxylic acids is 2. The van der Waals surface area contributed by atoms with Crippen molar-refractivity contribution < 1.29 is 22.7 Å². The normalized spacial score (nSPS) is 10.9. The van der Waals surface area contributed by atoms with Crippen molar-refractivity contribution in [3.63, 3.8) is 0 Å². The van der Waals surface area contributed by atoms with Crippen molar-refractivity contribution in [1.82, 2.24) is 0 Å². The Bertz CT molecular complexity index is 1190. The Balaban J connectivity index is 1.87. The summed E-state index contributed by atoms with van der Waals surface area (Å²) in [7, 11) is -2.84. The molecular formula is C22H20N2O5S. The molecule has 2 N–H and O–H groups in total. The largest absolute Gasteiger partial charge is 0.465 e. The van der Waals surface area contributed by atoms with E-state index < -0.39 is 21.9 Å². The van der Waals surface area contributed by atoms with Gasteiger partial charge >= 0.3 is 5.97 Å². The predicted octanol–water partition coefficient (Wildman–Crippen LogP) is 3.83. The number of carbonyl (C=O) groups is 2. The first kappa shape index (κ1) is 21.1. The molecule has 3 aromatic rings. The number of hydrogen-bond acceptors (Lipinski definition) is 5. The van der Waals surface area contributed by atoms with E-state index in [0.29, 0.717) is 5.69 Å². The van der Waals surface area contributed by atoms with E-state index in [4.69, 9.17) is 0 Å². The van der Waals surface area contributed by atoms with E-state index in [0.717, 1.165) is 5.56 Å². The Morgan fingerprint density at radius 3 is 2.30 bits per heavy atom. The summed E-state index contributed by atoms with van der Waals surface area (Å²) in [6.07, 6.45) is 0. The number of anilines is 2. The molecule has 0 bridgehead atoms. The van der Waals surface area contributed by atoms with Gasteiger partial charge in [-0.2, -0.15) is 0 Å². The van der Waals surface area contributed by atoms with E-state index in [-0.39, 0.29) is 21.7 Å². The molecule has 30 heavy (non-hydrogen) atoms. The molecule has 0 saturated heterocycles. The van der Waals surface area contributed by atoms with Gasteiger partial charge in [0.05, 0.1) is 28.8 Å². The number of benzene rings is 3. The molecule has 0 unspecified atom stereocenters. The Labute approximate surface area is 174 Å². The van der Waals surface area contributed by atoms with E-state index in [1.165, 1.54) is 43.5 Å². The third-order valence-electron chi connectivity index (χ3n) is 4.29. The molecule has 1 amide bonds. The monoisotopic (exact) mass is 424 g/mol. The van der Waals surface area contributed by atoms with E-state index in [1.807, 2.05) is 19.1 Å². The van der Waals surface area contributed by atoms with E-state index in [9.17, 15) is 18.0 Å². The molecule has 154 valence electrons. The van der Waals surface area contributed by atoms with E-state index in [2.05, 4.69) is 14.8 Å². The van der Waals surface area contributed by atoms with Crippen molar-refractivity contribution in [3.8, 4) is 0 Å². The summed E-state index contributed by atoms with van der Waals surface area (Å²) in [4.78, 5) is 24.3. The van der Waals surface area contributed by atoms with Gasteiger partial charge in [0.25, 0.3) is 15.9 Å². The number of para-hydroxylation sites is 1. The lowest BCUT2D eigenvalue weighted by Crippen LogP contribution is -2.19. The minimum Gasteiger partial charge on any atom is -0.465 e. The van der Waals surface area contributed by atoms with Crippen LogP contribution < -0.4 is 10.0 Å². The number of aryl methyl sites for hydroxylation is 1. The Morgan fingerprint density at radius 1 is 0.900 bits per heavy atom. The van der Waals surface area contributed by atoms with Crippen LogP contribution in [0, 0.1) is 6.92 Å². The van der Waals surface area contributed by atoms with Gasteiger partial charge in [-0.15, -0.1) is 0 Å². The van der Waals surface area contributed by atoms with Crippen LogP contribution in [0.3, 0.4) is 0 Å². The molecule has 0 spiro atoms. The van der Waals surface area contributed by atoms with Crippen LogP contribution in [0.5, 0.6) is 0 Å². The summed E-state index contributed by atoms with van der Waals surface area (Å²) in [5.74, 6) is -1.11.